The van der Waals surface area contributed by atoms with Gasteiger partial charge in [0.05, 0.1) is 12.2 Å². The molecule has 0 saturated carbocycles. The zero-order chi connectivity index (χ0) is 15.4. The minimum Gasteiger partial charge on any atom is -0.366 e. The Morgan fingerprint density at radius 1 is 1.24 bits per heavy atom. The van der Waals surface area contributed by atoms with Crippen LogP contribution in [-0.4, -0.2) is 21.6 Å². The Morgan fingerprint density at radius 2 is 1.86 bits per heavy atom. The Morgan fingerprint density at radius 3 is 2.43 bits per heavy atom. The van der Waals surface area contributed by atoms with Crippen LogP contribution in [0.25, 0.3) is 0 Å². The number of nitrogens with one attached hydrogen (secondary N) is 1. The average Bonchev–Trinajstić information content (AvgIpc) is 2.94. The quantitative estimate of drug-likeness (QED) is 0.883. The number of anilines is 1. The van der Waals surface area contributed by atoms with Gasteiger partial charge in [0.1, 0.15) is 5.82 Å². The summed E-state index contributed by atoms with van der Waals surface area (Å²) < 4.78 is 1.77. The van der Waals surface area contributed by atoms with Crippen LogP contribution in [0.2, 0.25) is 0 Å². The van der Waals surface area contributed by atoms with Crippen LogP contribution in [0.4, 0.5) is 5.82 Å². The first-order valence-electron chi connectivity index (χ1n) is 6.77. The third kappa shape index (κ3) is 3.28. The molecule has 110 valence electrons. The maximum absolute atomic E-state index is 12.2. The number of nitrogens with zero attached hydrogens (tertiary/aromatic N) is 2. The van der Waals surface area contributed by atoms with Gasteiger partial charge in [0.25, 0.3) is 5.91 Å². The van der Waals surface area contributed by atoms with Gasteiger partial charge in [-0.3, -0.25) is 9.59 Å². The molecule has 0 spiro atoms. The monoisotopic (exact) mass is 286 g/mol. The number of hydrogen-bond acceptors (Lipinski definition) is 3. The highest BCUT2D eigenvalue weighted by Gasteiger charge is 2.12. The van der Waals surface area contributed by atoms with E-state index in [4.69, 9.17) is 5.73 Å². The standard InChI is InChI=1S/C15H18N4O2/c1-3-10(2)19-13(8-9-17-19)18-15(21)12-6-4-11(5-7-12)14(16)20/h4-10H,3H2,1-2H3,(H2,16,20)(H,18,21). The van der Waals surface area contributed by atoms with Crippen LogP contribution in [0.1, 0.15) is 47.0 Å². The molecule has 1 aromatic carbocycles. The Hall–Kier alpha value is -2.63. The molecular weight excluding hydrogens is 268 g/mol. The van der Waals surface area contributed by atoms with Crippen molar-refractivity contribution in [1.82, 2.24) is 9.78 Å². The van der Waals surface area contributed by atoms with E-state index in [0.29, 0.717) is 16.9 Å². The second kappa shape index (κ2) is 6.21. The molecule has 1 aromatic heterocycles. The van der Waals surface area contributed by atoms with E-state index in [2.05, 4.69) is 17.3 Å². The summed E-state index contributed by atoms with van der Waals surface area (Å²) in [6.07, 6.45) is 2.57. The molecule has 0 radical (unpaired) electrons. The molecule has 21 heavy (non-hydrogen) atoms. The molecule has 0 bridgehead atoms. The molecule has 1 unspecified atom stereocenters. The van der Waals surface area contributed by atoms with E-state index in [1.165, 1.54) is 12.1 Å². The molecule has 2 amide bonds. The highest BCUT2D eigenvalue weighted by molar-refractivity contribution is 6.04. The molecule has 0 aliphatic heterocycles. The summed E-state index contributed by atoms with van der Waals surface area (Å²) in [5, 5.41) is 7.03. The number of hydrogen-bond donors (Lipinski definition) is 2. The first-order chi connectivity index (χ1) is 10.0. The van der Waals surface area contributed by atoms with Crippen LogP contribution in [0, 0.1) is 0 Å². The normalized spacial score (nSPS) is 11.9. The Kier molecular flexibility index (Phi) is 4.37. The third-order valence-corrected chi connectivity index (χ3v) is 3.35. The summed E-state index contributed by atoms with van der Waals surface area (Å²) in [6.45, 7) is 4.09. The molecule has 6 nitrogen and oxygen atoms in total. The van der Waals surface area contributed by atoms with Crippen molar-refractivity contribution in [2.24, 2.45) is 5.73 Å². The smallest absolute Gasteiger partial charge is 0.256 e. The van der Waals surface area contributed by atoms with E-state index in [0.717, 1.165) is 6.42 Å². The van der Waals surface area contributed by atoms with E-state index in [1.54, 1.807) is 29.1 Å². The second-order valence-electron chi connectivity index (χ2n) is 4.81. The number of carbonyl (C=O) groups is 2. The van der Waals surface area contributed by atoms with Crippen molar-refractivity contribution in [3.63, 3.8) is 0 Å². The van der Waals surface area contributed by atoms with Gasteiger partial charge in [-0.2, -0.15) is 5.10 Å². The topological polar surface area (TPSA) is 90.0 Å². The third-order valence-electron chi connectivity index (χ3n) is 3.35. The van der Waals surface area contributed by atoms with Gasteiger partial charge in [0, 0.05) is 17.2 Å². The van der Waals surface area contributed by atoms with Gasteiger partial charge in [-0.25, -0.2) is 4.68 Å². The zero-order valence-corrected chi connectivity index (χ0v) is 12.0. The second-order valence-corrected chi connectivity index (χ2v) is 4.81. The summed E-state index contributed by atoms with van der Waals surface area (Å²) in [6, 6.07) is 8.15. The van der Waals surface area contributed by atoms with Crippen LogP contribution < -0.4 is 11.1 Å². The Labute approximate surface area is 122 Å². The fraction of sp³-hybridized carbons (Fsp3) is 0.267. The number of carbonyl (C=O) groups excluding carboxylic acids is 2. The molecule has 1 atom stereocenters. The van der Waals surface area contributed by atoms with Gasteiger partial charge < -0.3 is 11.1 Å². The van der Waals surface area contributed by atoms with Crippen molar-refractivity contribution in [3.8, 4) is 0 Å². The van der Waals surface area contributed by atoms with Crippen molar-refractivity contribution < 1.29 is 9.59 Å². The molecule has 0 fully saturated rings. The van der Waals surface area contributed by atoms with Crippen LogP contribution in [-0.2, 0) is 0 Å². The molecule has 0 saturated heterocycles. The minimum atomic E-state index is -0.517. The van der Waals surface area contributed by atoms with Gasteiger partial charge in [-0.15, -0.1) is 0 Å². The molecule has 1 heterocycles. The lowest BCUT2D eigenvalue weighted by atomic mass is 10.1. The molecule has 0 aliphatic rings. The van der Waals surface area contributed by atoms with E-state index in [-0.39, 0.29) is 11.9 Å². The van der Waals surface area contributed by atoms with Crippen molar-refractivity contribution in [2.75, 3.05) is 5.32 Å². The number of aromatic nitrogens is 2. The molecule has 0 aliphatic carbocycles. The fourth-order valence-electron chi connectivity index (χ4n) is 1.91. The SMILES string of the molecule is CCC(C)n1nccc1NC(=O)c1ccc(C(N)=O)cc1. The molecular formula is C15H18N4O2. The Bertz CT molecular complexity index is 646. The number of amides is 2. The molecule has 2 rings (SSSR count). The summed E-state index contributed by atoms with van der Waals surface area (Å²) in [5.41, 5.74) is 5.99. The van der Waals surface area contributed by atoms with Crippen molar-refractivity contribution in [2.45, 2.75) is 26.3 Å². The minimum absolute atomic E-state index is 0.201. The maximum Gasteiger partial charge on any atom is 0.256 e. The van der Waals surface area contributed by atoms with Gasteiger partial charge >= 0.3 is 0 Å². The fourth-order valence-corrected chi connectivity index (χ4v) is 1.91. The predicted octanol–water partition coefficient (Wildman–Crippen LogP) is 2.21. The van der Waals surface area contributed by atoms with Crippen molar-refractivity contribution in [1.29, 1.82) is 0 Å². The first-order valence-corrected chi connectivity index (χ1v) is 6.77. The highest BCUT2D eigenvalue weighted by atomic mass is 16.2. The number of nitrogens with two attached hydrogens (primary N) is 1. The zero-order valence-electron chi connectivity index (χ0n) is 12.0. The van der Waals surface area contributed by atoms with Gasteiger partial charge in [0.2, 0.25) is 5.91 Å². The summed E-state index contributed by atoms with van der Waals surface area (Å²) >= 11 is 0. The van der Waals surface area contributed by atoms with Gasteiger partial charge in [-0.1, -0.05) is 6.92 Å². The first kappa shape index (κ1) is 14.8. The number of primary amides is 1. The van der Waals surface area contributed by atoms with E-state index >= 15 is 0 Å². The van der Waals surface area contributed by atoms with Gasteiger partial charge in [0.15, 0.2) is 0 Å². The van der Waals surface area contributed by atoms with E-state index < -0.39 is 5.91 Å². The van der Waals surface area contributed by atoms with Crippen LogP contribution in [0.15, 0.2) is 36.5 Å². The summed E-state index contributed by atoms with van der Waals surface area (Å²) in [4.78, 5) is 23.2. The largest absolute Gasteiger partial charge is 0.366 e. The van der Waals surface area contributed by atoms with E-state index in [9.17, 15) is 9.59 Å². The van der Waals surface area contributed by atoms with Crippen LogP contribution in [0.3, 0.4) is 0 Å². The lowest BCUT2D eigenvalue weighted by molar-refractivity contribution is 0.0995. The summed E-state index contributed by atoms with van der Waals surface area (Å²) in [5.74, 6) is -0.124. The van der Waals surface area contributed by atoms with Crippen LogP contribution in [0.5, 0.6) is 0 Å². The van der Waals surface area contributed by atoms with Gasteiger partial charge in [-0.05, 0) is 37.6 Å². The van der Waals surface area contributed by atoms with Crippen molar-refractivity contribution in [3.05, 3.63) is 47.7 Å². The lowest BCUT2D eigenvalue weighted by Crippen LogP contribution is -2.18. The highest BCUT2D eigenvalue weighted by Crippen LogP contribution is 2.17. The molecule has 2 aromatic rings. The maximum atomic E-state index is 12.2. The lowest BCUT2D eigenvalue weighted by Gasteiger charge is -2.14. The number of rotatable bonds is 5. The van der Waals surface area contributed by atoms with Crippen LogP contribution >= 0.6 is 0 Å². The molecule has 3 N–H and O–H groups in total. The number of benzene rings is 1. The van der Waals surface area contributed by atoms with E-state index in [1.807, 2.05) is 6.92 Å². The predicted molar refractivity (Wildman–Crippen MR) is 80.1 cm³/mol. The average molecular weight is 286 g/mol. The Balaban J connectivity index is 2.15. The summed E-state index contributed by atoms with van der Waals surface area (Å²) in [7, 11) is 0. The molecule has 6 heteroatoms. The van der Waals surface area contributed by atoms with Crippen molar-refractivity contribution >= 4 is 17.6 Å².